The minimum Gasteiger partial charge on any atom is -0.412 e. The molecule has 0 amide bonds. The topological polar surface area (TPSA) is 115 Å². The molecule has 1 heterocycles. The molecule has 270 valence electrons. The van der Waals surface area contributed by atoms with Gasteiger partial charge in [0.1, 0.15) is 12.5 Å². The predicted molar refractivity (Wildman–Crippen MR) is 203 cm³/mol. The Morgan fingerprint density at radius 3 is 1.54 bits per heavy atom. The van der Waals surface area contributed by atoms with Crippen molar-refractivity contribution in [2.24, 2.45) is 0 Å². The number of nitrogens with one attached hydrogen (secondary N) is 3. The first kappa shape index (κ1) is 45.0. The van der Waals surface area contributed by atoms with Crippen molar-refractivity contribution in [1.82, 2.24) is 30.7 Å². The van der Waals surface area contributed by atoms with Crippen LogP contribution in [0.15, 0.2) is 91.0 Å². The molecular formula is C39H66N6O3. The molecule has 1 saturated heterocycles. The first-order chi connectivity index (χ1) is 23.0. The number of aliphatic hydroxyl groups excluding tert-OH is 1. The number of rotatable bonds is 16. The van der Waals surface area contributed by atoms with E-state index < -0.39 is 6.23 Å². The number of nitrogens with zero attached hydrogens (tertiary/aromatic N) is 3. The van der Waals surface area contributed by atoms with E-state index in [1.165, 1.54) is 18.7 Å². The summed E-state index contributed by atoms with van der Waals surface area (Å²) in [6.07, 6.45) is 0.839. The van der Waals surface area contributed by atoms with Crippen LogP contribution in [0.3, 0.4) is 0 Å². The SMILES string of the molecule is CCN1CCN(CC)C1c1ccccc1.CCNCCN(CC)C(O)c1ccccc1.CCNCCNCC.O.O=Cc1ccccc1. The molecule has 0 aliphatic carbocycles. The zero-order valence-electron chi connectivity index (χ0n) is 30.6. The van der Waals surface area contributed by atoms with E-state index in [4.69, 9.17) is 0 Å². The molecule has 1 aliphatic rings. The predicted octanol–water partition coefficient (Wildman–Crippen LogP) is 4.83. The molecule has 6 N–H and O–H groups in total. The highest BCUT2D eigenvalue weighted by Gasteiger charge is 2.30. The van der Waals surface area contributed by atoms with Crippen LogP contribution in [-0.2, 0) is 0 Å². The molecule has 3 aromatic carbocycles. The molecule has 0 radical (unpaired) electrons. The smallest absolute Gasteiger partial charge is 0.150 e. The van der Waals surface area contributed by atoms with Crippen molar-refractivity contribution < 1.29 is 15.4 Å². The Bertz CT molecular complexity index is 1090. The van der Waals surface area contributed by atoms with E-state index in [0.717, 1.165) is 82.9 Å². The van der Waals surface area contributed by atoms with E-state index in [1.807, 2.05) is 48.5 Å². The Kier molecular flexibility index (Phi) is 28.2. The molecule has 1 fully saturated rings. The summed E-state index contributed by atoms with van der Waals surface area (Å²) in [4.78, 5) is 17.1. The number of benzene rings is 3. The Labute approximate surface area is 292 Å². The van der Waals surface area contributed by atoms with Crippen molar-refractivity contribution in [1.29, 1.82) is 0 Å². The summed E-state index contributed by atoms with van der Waals surface area (Å²) < 4.78 is 0. The van der Waals surface area contributed by atoms with Crippen LogP contribution >= 0.6 is 0 Å². The molecule has 3 aromatic rings. The maximum atomic E-state index is 10.2. The van der Waals surface area contributed by atoms with E-state index in [0.29, 0.717) is 6.17 Å². The highest BCUT2D eigenvalue weighted by atomic mass is 16.3. The maximum absolute atomic E-state index is 10.2. The van der Waals surface area contributed by atoms with Crippen molar-refractivity contribution in [3.8, 4) is 0 Å². The third-order valence-electron chi connectivity index (χ3n) is 7.87. The summed E-state index contributed by atoms with van der Waals surface area (Å²) in [5.74, 6) is 0. The fraction of sp³-hybridized carbons (Fsp3) is 0.513. The standard InChI is InChI=1S/C13H22N2O.C13H20N2.C7H6O.C6H16N2.H2O/c1-3-14-10-11-15(4-2)13(16)12-8-6-5-7-9-12;1-3-14-10-11-15(4-2)13(14)12-8-6-5-7-9-12;8-6-7-4-2-1-3-5-7;1-3-7-5-6-8-4-2;/h5-9,13-14,16H,3-4,10-11H2,1-2H3;5-9,13H,3-4,10-11H2,1-2H3;1-6H;7-8H,3-6H2,1-2H3;1H2. The van der Waals surface area contributed by atoms with Crippen LogP contribution in [0.25, 0.3) is 0 Å². The third kappa shape index (κ3) is 18.5. The number of carbonyl (C=O) groups is 1. The molecule has 4 rings (SSSR count). The fourth-order valence-corrected chi connectivity index (χ4v) is 5.19. The summed E-state index contributed by atoms with van der Waals surface area (Å²) in [6, 6.07) is 29.7. The Hall–Kier alpha value is -2.99. The summed E-state index contributed by atoms with van der Waals surface area (Å²) in [5.41, 5.74) is 3.12. The molecule has 0 saturated carbocycles. The van der Waals surface area contributed by atoms with Gasteiger partial charge in [0.15, 0.2) is 0 Å². The summed E-state index contributed by atoms with van der Waals surface area (Å²) in [6.45, 7) is 25.5. The van der Waals surface area contributed by atoms with Gasteiger partial charge in [0, 0.05) is 44.8 Å². The van der Waals surface area contributed by atoms with Crippen molar-refractivity contribution in [3.63, 3.8) is 0 Å². The summed E-state index contributed by atoms with van der Waals surface area (Å²) in [5, 5.41) is 19.9. The lowest BCUT2D eigenvalue weighted by Gasteiger charge is -2.29. The lowest BCUT2D eigenvalue weighted by molar-refractivity contribution is 0.00616. The van der Waals surface area contributed by atoms with Gasteiger partial charge in [-0.15, -0.1) is 0 Å². The van der Waals surface area contributed by atoms with E-state index >= 15 is 0 Å². The number of hydrogen-bond acceptors (Lipinski definition) is 8. The second kappa shape index (κ2) is 30.1. The Morgan fingerprint density at radius 1 is 0.708 bits per heavy atom. The molecule has 0 aromatic heterocycles. The van der Waals surface area contributed by atoms with Crippen LogP contribution in [-0.4, -0.2) is 110 Å². The molecule has 48 heavy (non-hydrogen) atoms. The van der Waals surface area contributed by atoms with Gasteiger partial charge in [-0.1, -0.05) is 133 Å². The molecule has 0 spiro atoms. The number of aldehydes is 1. The van der Waals surface area contributed by atoms with Crippen LogP contribution < -0.4 is 16.0 Å². The molecule has 1 unspecified atom stereocenters. The largest absolute Gasteiger partial charge is 0.412 e. The third-order valence-corrected chi connectivity index (χ3v) is 7.87. The highest BCUT2D eigenvalue weighted by Crippen LogP contribution is 2.28. The minimum atomic E-state index is -0.496. The summed E-state index contributed by atoms with van der Waals surface area (Å²) >= 11 is 0. The molecule has 9 nitrogen and oxygen atoms in total. The molecule has 0 bridgehead atoms. The van der Waals surface area contributed by atoms with Crippen molar-refractivity contribution in [2.45, 2.75) is 53.9 Å². The number of carbonyl (C=O) groups excluding carboxylic acids is 1. The number of likely N-dealkylation sites (N-methyl/N-ethyl adjacent to an activating group) is 6. The van der Waals surface area contributed by atoms with Gasteiger partial charge in [0.05, 0.1) is 6.17 Å². The van der Waals surface area contributed by atoms with Crippen molar-refractivity contribution >= 4 is 6.29 Å². The fourth-order valence-electron chi connectivity index (χ4n) is 5.19. The van der Waals surface area contributed by atoms with Gasteiger partial charge in [-0.3, -0.25) is 19.5 Å². The zero-order valence-corrected chi connectivity index (χ0v) is 30.6. The second-order valence-electron chi connectivity index (χ2n) is 11.0. The second-order valence-corrected chi connectivity index (χ2v) is 11.0. The van der Waals surface area contributed by atoms with Crippen LogP contribution in [0.2, 0.25) is 0 Å². The molecule has 1 atom stereocenters. The average Bonchev–Trinajstić information content (AvgIpc) is 3.57. The monoisotopic (exact) mass is 667 g/mol. The van der Waals surface area contributed by atoms with Crippen LogP contribution in [0.1, 0.15) is 75.4 Å². The summed E-state index contributed by atoms with van der Waals surface area (Å²) in [7, 11) is 0. The molecule has 9 heteroatoms. The number of aliphatic hydroxyl groups is 1. The van der Waals surface area contributed by atoms with E-state index in [-0.39, 0.29) is 5.48 Å². The van der Waals surface area contributed by atoms with E-state index in [9.17, 15) is 9.90 Å². The normalized spacial score (nSPS) is 13.6. The minimum absolute atomic E-state index is 0. The number of hydrogen-bond donors (Lipinski definition) is 4. The average molecular weight is 667 g/mol. The first-order valence-corrected chi connectivity index (χ1v) is 17.6. The van der Waals surface area contributed by atoms with Gasteiger partial charge in [-0.2, -0.15) is 0 Å². The van der Waals surface area contributed by atoms with Gasteiger partial charge >= 0.3 is 0 Å². The first-order valence-electron chi connectivity index (χ1n) is 17.6. The van der Waals surface area contributed by atoms with Crippen molar-refractivity contribution in [3.05, 3.63) is 108 Å². The van der Waals surface area contributed by atoms with Gasteiger partial charge in [-0.25, -0.2) is 0 Å². The lowest BCUT2D eigenvalue weighted by Crippen LogP contribution is -2.35. The molecule has 1 aliphatic heterocycles. The van der Waals surface area contributed by atoms with Crippen molar-refractivity contribution in [2.75, 3.05) is 78.5 Å². The lowest BCUT2D eigenvalue weighted by atomic mass is 10.1. The highest BCUT2D eigenvalue weighted by molar-refractivity contribution is 5.74. The van der Waals surface area contributed by atoms with Gasteiger partial charge in [0.2, 0.25) is 0 Å². The van der Waals surface area contributed by atoms with E-state index in [1.54, 1.807) is 12.1 Å². The zero-order chi connectivity index (χ0) is 34.5. The van der Waals surface area contributed by atoms with Gasteiger partial charge in [-0.05, 0) is 50.4 Å². The molecular weight excluding hydrogens is 600 g/mol. The van der Waals surface area contributed by atoms with E-state index in [2.05, 4.69) is 103 Å². The van der Waals surface area contributed by atoms with Gasteiger partial charge < -0.3 is 26.5 Å². The van der Waals surface area contributed by atoms with Gasteiger partial charge in [0.25, 0.3) is 0 Å². The van der Waals surface area contributed by atoms with Crippen LogP contribution in [0.5, 0.6) is 0 Å². The maximum Gasteiger partial charge on any atom is 0.150 e. The Morgan fingerprint density at radius 2 is 1.15 bits per heavy atom. The Balaban J connectivity index is 0.000000639. The van der Waals surface area contributed by atoms with Crippen LogP contribution in [0.4, 0.5) is 0 Å². The van der Waals surface area contributed by atoms with Crippen LogP contribution in [0, 0.1) is 0 Å². The quantitative estimate of drug-likeness (QED) is 0.0977.